The SMILES string of the molecule is Cc1cccn2c(=O)cc(COC(=O)c3ccc4c(c3)SC3=NS(=O)(=O)CCN34)nc12. The number of rotatable bonds is 3. The maximum Gasteiger partial charge on any atom is 0.338 e. The summed E-state index contributed by atoms with van der Waals surface area (Å²) in [4.78, 5) is 31.8. The molecule has 0 bridgehead atoms. The second kappa shape index (κ2) is 7.20. The van der Waals surface area contributed by atoms with Crippen molar-refractivity contribution in [3.05, 3.63) is 69.8 Å². The zero-order chi connectivity index (χ0) is 21.8. The molecule has 0 atom stereocenters. The number of hydrogen-bond acceptors (Lipinski definition) is 8. The van der Waals surface area contributed by atoms with E-state index in [1.165, 1.54) is 22.2 Å². The van der Waals surface area contributed by atoms with Crippen LogP contribution in [0, 0.1) is 6.92 Å². The number of nitrogens with zero attached hydrogens (tertiary/aromatic N) is 4. The van der Waals surface area contributed by atoms with Gasteiger partial charge in [0.15, 0.2) is 5.17 Å². The highest BCUT2D eigenvalue weighted by Gasteiger charge is 2.33. The molecule has 9 nitrogen and oxygen atoms in total. The minimum absolute atomic E-state index is 0.0431. The molecule has 3 aromatic rings. The molecule has 0 unspecified atom stereocenters. The molecule has 1 aromatic carbocycles. The van der Waals surface area contributed by atoms with Gasteiger partial charge in [-0.2, -0.15) is 0 Å². The highest BCUT2D eigenvalue weighted by Crippen LogP contribution is 2.42. The standard InChI is InChI=1S/C20H16N4O5S2/c1-12-3-2-6-24-17(25)10-14(21-18(12)24)11-29-19(26)13-4-5-15-16(9-13)30-20-22-31(27,28)8-7-23(15)20/h2-6,9-10H,7-8,11H2,1H3. The number of hydrogen-bond donors (Lipinski definition) is 0. The molecule has 11 heteroatoms. The van der Waals surface area contributed by atoms with Gasteiger partial charge in [0.05, 0.1) is 22.7 Å². The fourth-order valence-corrected chi connectivity index (χ4v) is 5.76. The van der Waals surface area contributed by atoms with E-state index < -0.39 is 16.0 Å². The average molecular weight is 457 g/mol. The Morgan fingerprint density at radius 3 is 2.94 bits per heavy atom. The molecule has 2 aliphatic rings. The van der Waals surface area contributed by atoms with E-state index in [2.05, 4.69) is 9.38 Å². The highest BCUT2D eigenvalue weighted by molar-refractivity contribution is 8.15. The van der Waals surface area contributed by atoms with E-state index in [9.17, 15) is 18.0 Å². The number of carbonyl (C=O) groups is 1. The van der Waals surface area contributed by atoms with Crippen LogP contribution in [0.2, 0.25) is 0 Å². The summed E-state index contributed by atoms with van der Waals surface area (Å²) in [7, 11) is -3.44. The van der Waals surface area contributed by atoms with Gasteiger partial charge in [0.1, 0.15) is 12.3 Å². The van der Waals surface area contributed by atoms with Crippen molar-refractivity contribution in [1.29, 1.82) is 0 Å². The first-order chi connectivity index (χ1) is 14.8. The lowest BCUT2D eigenvalue weighted by Gasteiger charge is -2.22. The van der Waals surface area contributed by atoms with Gasteiger partial charge in [0.2, 0.25) is 0 Å². The number of esters is 1. The van der Waals surface area contributed by atoms with Crippen molar-refractivity contribution >= 4 is 44.3 Å². The largest absolute Gasteiger partial charge is 0.456 e. The number of anilines is 1. The van der Waals surface area contributed by atoms with Crippen molar-refractivity contribution in [3.63, 3.8) is 0 Å². The Hall–Kier alpha value is -3.18. The predicted molar refractivity (Wildman–Crippen MR) is 116 cm³/mol. The highest BCUT2D eigenvalue weighted by atomic mass is 32.2. The summed E-state index contributed by atoms with van der Waals surface area (Å²) in [6.07, 6.45) is 1.64. The second-order valence-corrected chi connectivity index (χ2v) is 9.91. The van der Waals surface area contributed by atoms with Crippen molar-refractivity contribution in [2.24, 2.45) is 4.40 Å². The molecule has 0 radical (unpaired) electrons. The van der Waals surface area contributed by atoms with Crippen LogP contribution in [0.5, 0.6) is 0 Å². The van der Waals surface area contributed by atoms with Gasteiger partial charge in [-0.05, 0) is 48.5 Å². The normalized spacial score (nSPS) is 16.5. The van der Waals surface area contributed by atoms with Gasteiger partial charge in [-0.25, -0.2) is 18.2 Å². The quantitative estimate of drug-likeness (QED) is 0.550. The van der Waals surface area contributed by atoms with Gasteiger partial charge in [-0.1, -0.05) is 6.07 Å². The third kappa shape index (κ3) is 3.59. The third-order valence-corrected chi connectivity index (χ3v) is 7.31. The number of amidine groups is 1. The molecule has 4 heterocycles. The van der Waals surface area contributed by atoms with E-state index in [0.717, 1.165) is 16.1 Å². The van der Waals surface area contributed by atoms with Crippen molar-refractivity contribution in [2.75, 3.05) is 17.2 Å². The van der Waals surface area contributed by atoms with Crippen molar-refractivity contribution < 1.29 is 17.9 Å². The number of aryl methyl sites for hydroxylation is 1. The number of carbonyl (C=O) groups excluding carboxylic acids is 1. The number of fused-ring (bicyclic) bond motifs is 4. The zero-order valence-corrected chi connectivity index (χ0v) is 17.9. The minimum Gasteiger partial charge on any atom is -0.456 e. The molecule has 0 saturated heterocycles. The van der Waals surface area contributed by atoms with Crippen LogP contribution in [-0.4, -0.2) is 41.2 Å². The maximum absolute atomic E-state index is 12.6. The Morgan fingerprint density at radius 1 is 1.26 bits per heavy atom. The number of sulfonamides is 1. The third-order valence-electron chi connectivity index (χ3n) is 5.00. The van der Waals surface area contributed by atoms with Crippen LogP contribution in [-0.2, 0) is 21.4 Å². The van der Waals surface area contributed by atoms with Gasteiger partial charge in [-0.15, -0.1) is 4.40 Å². The number of pyridine rings is 1. The Morgan fingerprint density at radius 2 is 2.10 bits per heavy atom. The fourth-order valence-electron chi connectivity index (χ4n) is 3.46. The molecule has 0 N–H and O–H groups in total. The number of aromatic nitrogens is 2. The lowest BCUT2D eigenvalue weighted by atomic mass is 10.2. The molecule has 5 rings (SSSR count). The van der Waals surface area contributed by atoms with E-state index in [0.29, 0.717) is 28.6 Å². The van der Waals surface area contributed by atoms with Gasteiger partial charge in [0.25, 0.3) is 15.6 Å². The Kier molecular flexibility index (Phi) is 4.59. The lowest BCUT2D eigenvalue weighted by Crippen LogP contribution is -2.35. The van der Waals surface area contributed by atoms with Crippen LogP contribution in [0.4, 0.5) is 5.69 Å². The first-order valence-corrected chi connectivity index (χ1v) is 11.8. The smallest absolute Gasteiger partial charge is 0.338 e. The van der Waals surface area contributed by atoms with E-state index in [4.69, 9.17) is 4.74 Å². The van der Waals surface area contributed by atoms with Crippen LogP contribution >= 0.6 is 11.8 Å². The summed E-state index contributed by atoms with van der Waals surface area (Å²) in [5.74, 6) is -0.604. The van der Waals surface area contributed by atoms with Crippen LogP contribution in [0.15, 0.2) is 56.7 Å². The first kappa shape index (κ1) is 19.8. The topological polar surface area (TPSA) is 110 Å². The summed E-state index contributed by atoms with van der Waals surface area (Å²) in [6.45, 7) is 2.04. The molecule has 2 aromatic heterocycles. The van der Waals surface area contributed by atoms with Crippen molar-refractivity contribution in [1.82, 2.24) is 9.38 Å². The summed E-state index contributed by atoms with van der Waals surface area (Å²) >= 11 is 1.21. The Balaban J connectivity index is 1.36. The van der Waals surface area contributed by atoms with Gasteiger partial charge in [0, 0.05) is 23.7 Å². The molecule has 31 heavy (non-hydrogen) atoms. The molecule has 0 amide bonds. The average Bonchev–Trinajstić information content (AvgIpc) is 3.08. The van der Waals surface area contributed by atoms with E-state index in [-0.39, 0.29) is 17.9 Å². The van der Waals surface area contributed by atoms with E-state index in [1.807, 2.05) is 17.9 Å². The Labute approximate surface area is 181 Å². The zero-order valence-electron chi connectivity index (χ0n) is 16.3. The predicted octanol–water partition coefficient (Wildman–Crippen LogP) is 1.97. The molecule has 0 saturated carbocycles. The van der Waals surface area contributed by atoms with E-state index in [1.54, 1.807) is 30.5 Å². The summed E-state index contributed by atoms with van der Waals surface area (Å²) in [6, 6.07) is 10.00. The van der Waals surface area contributed by atoms with Crippen LogP contribution in [0.25, 0.3) is 5.65 Å². The van der Waals surface area contributed by atoms with Gasteiger partial charge >= 0.3 is 5.97 Å². The van der Waals surface area contributed by atoms with Crippen molar-refractivity contribution in [2.45, 2.75) is 18.4 Å². The second-order valence-electron chi connectivity index (χ2n) is 7.14. The van der Waals surface area contributed by atoms with E-state index >= 15 is 0 Å². The van der Waals surface area contributed by atoms with Gasteiger partial charge in [-0.3, -0.25) is 9.20 Å². The summed E-state index contributed by atoms with van der Waals surface area (Å²) < 4.78 is 34.1. The molecule has 158 valence electrons. The molecule has 0 spiro atoms. The maximum atomic E-state index is 12.6. The molecule has 0 fully saturated rings. The van der Waals surface area contributed by atoms with Crippen LogP contribution < -0.4 is 10.5 Å². The summed E-state index contributed by atoms with van der Waals surface area (Å²) in [5, 5.41) is 0.392. The Bertz CT molecular complexity index is 1450. The van der Waals surface area contributed by atoms with Crippen LogP contribution in [0.1, 0.15) is 21.6 Å². The van der Waals surface area contributed by atoms with Crippen LogP contribution in [0.3, 0.4) is 0 Å². The van der Waals surface area contributed by atoms with Crippen molar-refractivity contribution in [3.8, 4) is 0 Å². The number of benzene rings is 1. The monoisotopic (exact) mass is 456 g/mol. The molecule has 0 aliphatic carbocycles. The molecular weight excluding hydrogens is 440 g/mol. The first-order valence-electron chi connectivity index (χ1n) is 9.38. The fraction of sp³-hybridized carbons (Fsp3) is 0.200. The van der Waals surface area contributed by atoms with Gasteiger partial charge < -0.3 is 9.64 Å². The summed E-state index contributed by atoms with van der Waals surface area (Å²) in [5.41, 5.74) is 2.60. The molecule has 2 aliphatic heterocycles. The number of ether oxygens (including phenoxy) is 1. The lowest BCUT2D eigenvalue weighted by molar-refractivity contribution is 0.0467. The minimum atomic E-state index is -3.44. The number of thioether (sulfide) groups is 1. The molecular formula is C20H16N4O5S2.